The van der Waals surface area contributed by atoms with Crippen molar-refractivity contribution >= 4 is 23.1 Å². The van der Waals surface area contributed by atoms with Crippen LogP contribution in [0.2, 0.25) is 0 Å². The van der Waals surface area contributed by atoms with E-state index in [0.717, 1.165) is 6.92 Å². The topological polar surface area (TPSA) is 68.3 Å². The Morgan fingerprint density at radius 3 is 1.64 bits per heavy atom. The SMILES string of the molecule is CC(=O)CC(=O)C(F)(F)F.CC(=O)CC(=O)c1ccccc1. The van der Waals surface area contributed by atoms with Gasteiger partial charge in [-0.3, -0.25) is 19.2 Å². The Morgan fingerprint density at radius 2 is 1.32 bits per heavy atom. The van der Waals surface area contributed by atoms with E-state index >= 15 is 0 Å². The average Bonchev–Trinajstić information content (AvgIpc) is 2.38. The fraction of sp³-hybridized carbons (Fsp3) is 0.333. The molecule has 0 aliphatic rings. The highest BCUT2D eigenvalue weighted by molar-refractivity contribution is 6.07. The molecule has 0 amide bonds. The van der Waals surface area contributed by atoms with Gasteiger partial charge in [0.25, 0.3) is 0 Å². The fourth-order valence-corrected chi connectivity index (χ4v) is 1.28. The molecule has 0 aliphatic heterocycles. The highest BCUT2D eigenvalue weighted by Crippen LogP contribution is 2.17. The first-order valence-corrected chi connectivity index (χ1v) is 6.21. The van der Waals surface area contributed by atoms with Crippen molar-refractivity contribution in [2.75, 3.05) is 0 Å². The number of benzene rings is 1. The van der Waals surface area contributed by atoms with Gasteiger partial charge in [0.15, 0.2) is 5.78 Å². The first-order chi connectivity index (χ1) is 10.0. The Balaban J connectivity index is 0.000000409. The summed E-state index contributed by atoms with van der Waals surface area (Å²) in [7, 11) is 0. The number of hydrogen-bond acceptors (Lipinski definition) is 4. The van der Waals surface area contributed by atoms with Crippen LogP contribution in [0.25, 0.3) is 0 Å². The molecule has 0 heterocycles. The first-order valence-electron chi connectivity index (χ1n) is 6.21. The van der Waals surface area contributed by atoms with Crippen LogP contribution in [0, 0.1) is 0 Å². The Kier molecular flexibility index (Phi) is 7.93. The number of ketones is 4. The van der Waals surface area contributed by atoms with Gasteiger partial charge in [0, 0.05) is 5.56 Å². The molecule has 0 spiro atoms. The van der Waals surface area contributed by atoms with Gasteiger partial charge in [-0.25, -0.2) is 0 Å². The normalized spacial score (nSPS) is 10.2. The number of alkyl halides is 3. The summed E-state index contributed by atoms with van der Waals surface area (Å²) < 4.78 is 33.9. The molecule has 1 rings (SSSR count). The van der Waals surface area contributed by atoms with Gasteiger partial charge in [0.1, 0.15) is 11.6 Å². The minimum atomic E-state index is -4.87. The molecule has 0 saturated carbocycles. The molecule has 0 N–H and O–H groups in total. The molecule has 0 bridgehead atoms. The van der Waals surface area contributed by atoms with Crippen molar-refractivity contribution in [1.82, 2.24) is 0 Å². The van der Waals surface area contributed by atoms with Crippen LogP contribution in [0.5, 0.6) is 0 Å². The van der Waals surface area contributed by atoms with Crippen LogP contribution < -0.4 is 0 Å². The summed E-state index contributed by atoms with van der Waals surface area (Å²) in [6.45, 7) is 2.35. The summed E-state index contributed by atoms with van der Waals surface area (Å²) in [6, 6.07) is 8.84. The van der Waals surface area contributed by atoms with Crippen molar-refractivity contribution in [1.29, 1.82) is 0 Å². The second kappa shape index (κ2) is 8.86. The van der Waals surface area contributed by atoms with Gasteiger partial charge >= 0.3 is 6.18 Å². The zero-order valence-electron chi connectivity index (χ0n) is 12.1. The van der Waals surface area contributed by atoms with Crippen molar-refractivity contribution in [3.63, 3.8) is 0 Å². The van der Waals surface area contributed by atoms with Crippen molar-refractivity contribution < 1.29 is 32.3 Å². The Bertz CT molecular complexity index is 548. The van der Waals surface area contributed by atoms with Crippen LogP contribution in [0.1, 0.15) is 37.0 Å². The monoisotopic (exact) mass is 316 g/mol. The van der Waals surface area contributed by atoms with Crippen LogP contribution in [0.4, 0.5) is 13.2 Å². The molecule has 0 aromatic heterocycles. The minimum absolute atomic E-state index is 0.00398. The van der Waals surface area contributed by atoms with Gasteiger partial charge in [-0.05, 0) is 13.8 Å². The summed E-state index contributed by atoms with van der Waals surface area (Å²) in [5.74, 6) is -2.96. The molecule has 7 heteroatoms. The van der Waals surface area contributed by atoms with E-state index in [4.69, 9.17) is 0 Å². The third kappa shape index (κ3) is 8.78. The minimum Gasteiger partial charge on any atom is -0.300 e. The number of carbonyl (C=O) groups is 4. The van der Waals surface area contributed by atoms with Gasteiger partial charge < -0.3 is 0 Å². The summed E-state index contributed by atoms with van der Waals surface area (Å²) >= 11 is 0. The van der Waals surface area contributed by atoms with E-state index in [2.05, 4.69) is 0 Å². The zero-order chi connectivity index (χ0) is 17.3. The second-order valence-electron chi connectivity index (χ2n) is 4.47. The lowest BCUT2D eigenvalue weighted by atomic mass is 10.1. The number of Topliss-reactive ketones (excluding diaryl/α,β-unsaturated/α-hetero) is 4. The van der Waals surface area contributed by atoms with Crippen LogP contribution in [0.15, 0.2) is 30.3 Å². The van der Waals surface area contributed by atoms with Crippen LogP contribution in [-0.2, 0) is 14.4 Å². The van der Waals surface area contributed by atoms with Crippen molar-refractivity contribution in [2.24, 2.45) is 0 Å². The Hall–Kier alpha value is -2.31. The maximum Gasteiger partial charge on any atom is 0.450 e. The third-order valence-corrected chi connectivity index (χ3v) is 2.23. The van der Waals surface area contributed by atoms with Crippen LogP contribution in [-0.4, -0.2) is 29.3 Å². The van der Waals surface area contributed by atoms with E-state index in [1.165, 1.54) is 6.92 Å². The summed E-state index contributed by atoms with van der Waals surface area (Å²) in [5.41, 5.74) is 0.604. The summed E-state index contributed by atoms with van der Waals surface area (Å²) in [6.07, 6.45) is -5.92. The van der Waals surface area contributed by atoms with Gasteiger partial charge in [0.05, 0.1) is 12.8 Å². The third-order valence-electron chi connectivity index (χ3n) is 2.23. The quantitative estimate of drug-likeness (QED) is 0.618. The summed E-state index contributed by atoms with van der Waals surface area (Å²) in [5, 5.41) is 0. The van der Waals surface area contributed by atoms with E-state index < -0.39 is 24.2 Å². The molecule has 4 nitrogen and oxygen atoms in total. The predicted molar refractivity (Wildman–Crippen MR) is 72.4 cm³/mol. The number of halogens is 3. The Labute approximate surface area is 125 Å². The lowest BCUT2D eigenvalue weighted by Gasteiger charge is -2.00. The first kappa shape index (κ1) is 19.7. The fourth-order valence-electron chi connectivity index (χ4n) is 1.28. The number of hydrogen-bond donors (Lipinski definition) is 0. The van der Waals surface area contributed by atoms with Gasteiger partial charge in [-0.2, -0.15) is 13.2 Å². The average molecular weight is 316 g/mol. The van der Waals surface area contributed by atoms with Crippen LogP contribution >= 0.6 is 0 Å². The molecule has 0 saturated heterocycles. The molecule has 0 unspecified atom stereocenters. The molecule has 120 valence electrons. The lowest BCUT2D eigenvalue weighted by Crippen LogP contribution is -2.24. The number of carbonyl (C=O) groups excluding carboxylic acids is 4. The van der Waals surface area contributed by atoms with Crippen LogP contribution in [0.3, 0.4) is 0 Å². The molecule has 22 heavy (non-hydrogen) atoms. The van der Waals surface area contributed by atoms with E-state index in [1.807, 2.05) is 6.07 Å². The molecule has 0 atom stereocenters. The molecule has 0 aliphatic carbocycles. The predicted octanol–water partition coefficient (Wildman–Crippen LogP) is 2.95. The lowest BCUT2D eigenvalue weighted by molar-refractivity contribution is -0.171. The van der Waals surface area contributed by atoms with E-state index in [1.54, 1.807) is 24.3 Å². The van der Waals surface area contributed by atoms with Gasteiger partial charge in [0.2, 0.25) is 5.78 Å². The maximum absolute atomic E-state index is 11.3. The Morgan fingerprint density at radius 1 is 0.864 bits per heavy atom. The molecule has 1 aromatic rings. The highest BCUT2D eigenvalue weighted by Gasteiger charge is 2.38. The largest absolute Gasteiger partial charge is 0.450 e. The van der Waals surface area contributed by atoms with E-state index in [0.29, 0.717) is 5.56 Å². The van der Waals surface area contributed by atoms with Crippen molar-refractivity contribution in [3.8, 4) is 0 Å². The van der Waals surface area contributed by atoms with E-state index in [9.17, 15) is 32.3 Å². The summed E-state index contributed by atoms with van der Waals surface area (Å²) in [4.78, 5) is 41.8. The van der Waals surface area contributed by atoms with Gasteiger partial charge in [-0.1, -0.05) is 30.3 Å². The zero-order valence-corrected chi connectivity index (χ0v) is 12.1. The number of rotatable bonds is 5. The molecule has 0 radical (unpaired) electrons. The molecule has 1 aromatic carbocycles. The highest BCUT2D eigenvalue weighted by atomic mass is 19.4. The smallest absolute Gasteiger partial charge is 0.300 e. The standard InChI is InChI=1S/C10H10O2.C5H5F3O2/c1-8(11)7-10(12)9-5-3-2-4-6-9;1-3(9)2-4(10)5(6,7)8/h2-6H,7H2,1H3;2H2,1H3. The second-order valence-corrected chi connectivity index (χ2v) is 4.47. The van der Waals surface area contributed by atoms with Crippen molar-refractivity contribution in [3.05, 3.63) is 35.9 Å². The molecular weight excluding hydrogens is 301 g/mol. The van der Waals surface area contributed by atoms with Gasteiger partial charge in [-0.15, -0.1) is 0 Å². The molecular formula is C15H15F3O4. The van der Waals surface area contributed by atoms with E-state index in [-0.39, 0.29) is 18.0 Å². The van der Waals surface area contributed by atoms with Crippen molar-refractivity contribution in [2.45, 2.75) is 32.9 Å². The molecule has 0 fully saturated rings. The maximum atomic E-state index is 11.3.